The molecule has 4 aromatic rings. The Morgan fingerprint density at radius 2 is 1.64 bits per heavy atom. The number of allylic oxidation sites excluding steroid dienone is 2. The minimum absolute atomic E-state index is 0.00184. The van der Waals surface area contributed by atoms with E-state index in [9.17, 15) is 42.8 Å². The maximum Gasteiger partial charge on any atom is 0.417 e. The third kappa shape index (κ3) is 5.62. The van der Waals surface area contributed by atoms with Crippen LogP contribution in [0.25, 0.3) is 0 Å². The number of carbonyl (C=O) groups is 4. The van der Waals surface area contributed by atoms with Gasteiger partial charge in [-0.25, -0.2) is 9.88 Å². The van der Waals surface area contributed by atoms with Gasteiger partial charge in [-0.15, -0.1) is 0 Å². The number of hydrazine groups is 1. The van der Waals surface area contributed by atoms with Crippen molar-refractivity contribution in [1.82, 2.24) is 9.99 Å². The van der Waals surface area contributed by atoms with E-state index < -0.39 is 86.1 Å². The molecule has 3 fully saturated rings. The highest BCUT2D eigenvalue weighted by Crippen LogP contribution is 2.65. The molecule has 286 valence electrons. The molecule has 56 heavy (non-hydrogen) atoms. The topological polar surface area (TPSA) is 163 Å². The lowest BCUT2D eigenvalue weighted by molar-refractivity contribution is -0.384. The number of hydrogen-bond donors (Lipinski definition) is 2. The molecule has 1 saturated carbocycles. The number of nitro groups is 1. The van der Waals surface area contributed by atoms with Crippen LogP contribution in [0.4, 0.5) is 30.4 Å². The number of aromatic hydroxyl groups is 1. The normalized spacial score (nSPS) is 25.8. The number of imide groups is 2. The average Bonchev–Trinajstić information content (AvgIpc) is 3.53. The van der Waals surface area contributed by atoms with Crippen LogP contribution < -0.4 is 10.3 Å². The number of amides is 4. The largest absolute Gasteiger partial charge is 0.508 e. The molecular formula is C38H25Cl3F3N5O7. The van der Waals surface area contributed by atoms with Gasteiger partial charge in [0.25, 0.3) is 17.5 Å². The molecule has 2 aliphatic carbocycles. The molecule has 2 N–H and O–H groups in total. The Morgan fingerprint density at radius 1 is 0.911 bits per heavy atom. The van der Waals surface area contributed by atoms with Gasteiger partial charge in [0.1, 0.15) is 5.75 Å². The van der Waals surface area contributed by atoms with E-state index in [1.54, 1.807) is 18.2 Å². The second kappa shape index (κ2) is 13.3. The zero-order chi connectivity index (χ0) is 40.0. The summed E-state index contributed by atoms with van der Waals surface area (Å²) in [4.78, 5) is 74.1. The van der Waals surface area contributed by atoms with Gasteiger partial charge < -0.3 is 5.11 Å². The summed E-state index contributed by atoms with van der Waals surface area (Å²) in [7, 11) is 0. The number of alkyl halides is 3. The standard InChI is InChI=1S/C38H25Cl3F3N5O7/c39-19-6-4-17(5-7-19)37-27(34(52)48(36(37)54)46-32-29(41)12-18(16-45-32)38(42,43)44)15-26-23(31(37)24-9-8-22(50)14-28(24)40)10-11-25-30(26)35(53)47(33(25)51)20-2-1-3-21(13-20)49(55)56/h1-10,12-14,16,25-27,30-31,50H,11,15H2,(H,45,46)/t25-,26+,27-,30-,31+,37+/m0/s1. The number of phenols is 1. The summed E-state index contributed by atoms with van der Waals surface area (Å²) in [6.45, 7) is 0. The van der Waals surface area contributed by atoms with Gasteiger partial charge in [-0.2, -0.15) is 18.2 Å². The molecule has 12 nitrogen and oxygen atoms in total. The minimum Gasteiger partial charge on any atom is -0.508 e. The Balaban J connectivity index is 1.31. The lowest BCUT2D eigenvalue weighted by Crippen LogP contribution is -2.53. The number of fused-ring (bicyclic) bond motifs is 4. The molecule has 4 amide bonds. The van der Waals surface area contributed by atoms with E-state index in [1.165, 1.54) is 48.5 Å². The summed E-state index contributed by atoms with van der Waals surface area (Å²) in [5.74, 6) is -8.85. The summed E-state index contributed by atoms with van der Waals surface area (Å²) in [6.07, 6.45) is -2.69. The number of carbonyl (C=O) groups excluding carboxylic acids is 4. The average molecular weight is 827 g/mol. The molecule has 0 unspecified atom stereocenters. The van der Waals surface area contributed by atoms with Crippen LogP contribution in [0, 0.1) is 33.8 Å². The summed E-state index contributed by atoms with van der Waals surface area (Å²) < 4.78 is 40.4. The summed E-state index contributed by atoms with van der Waals surface area (Å²) in [6, 6.07) is 16.0. The van der Waals surface area contributed by atoms with Gasteiger partial charge in [0.15, 0.2) is 5.82 Å². The van der Waals surface area contributed by atoms with Crippen LogP contribution in [0.15, 0.2) is 90.6 Å². The van der Waals surface area contributed by atoms with E-state index in [4.69, 9.17) is 34.8 Å². The Kier molecular flexibility index (Phi) is 8.90. The van der Waals surface area contributed by atoms with Crippen LogP contribution in [0.5, 0.6) is 5.75 Å². The number of phenolic OH excluding ortho intramolecular Hbond substituents is 1. The van der Waals surface area contributed by atoms with Gasteiger partial charge in [0, 0.05) is 34.3 Å². The van der Waals surface area contributed by atoms with Crippen LogP contribution in [-0.2, 0) is 30.8 Å². The molecule has 0 spiro atoms. The maximum atomic E-state index is 15.3. The summed E-state index contributed by atoms with van der Waals surface area (Å²) in [5, 5.41) is 22.4. The van der Waals surface area contributed by atoms with Gasteiger partial charge >= 0.3 is 6.18 Å². The van der Waals surface area contributed by atoms with E-state index in [0.29, 0.717) is 39.0 Å². The highest BCUT2D eigenvalue weighted by molar-refractivity contribution is 6.33. The number of rotatable bonds is 6. The Bertz CT molecular complexity index is 2430. The van der Waals surface area contributed by atoms with Crippen molar-refractivity contribution < 1.29 is 42.4 Å². The van der Waals surface area contributed by atoms with Gasteiger partial charge in [-0.1, -0.05) is 70.7 Å². The van der Waals surface area contributed by atoms with Crippen LogP contribution in [0.1, 0.15) is 35.4 Å². The number of nitrogens with zero attached hydrogens (tertiary/aromatic N) is 4. The molecule has 6 atom stereocenters. The number of anilines is 2. The Morgan fingerprint density at radius 3 is 2.30 bits per heavy atom. The fourth-order valence-electron chi connectivity index (χ4n) is 8.88. The van der Waals surface area contributed by atoms with Crippen molar-refractivity contribution in [3.63, 3.8) is 0 Å². The van der Waals surface area contributed by atoms with Crippen molar-refractivity contribution in [1.29, 1.82) is 0 Å². The third-order valence-electron chi connectivity index (χ3n) is 11.2. The van der Waals surface area contributed by atoms with E-state index in [-0.39, 0.29) is 35.0 Å². The highest BCUT2D eigenvalue weighted by atomic mass is 35.5. The molecule has 2 saturated heterocycles. The Hall–Kier alpha value is -5.51. The van der Waals surface area contributed by atoms with Gasteiger partial charge in [-0.3, -0.25) is 34.7 Å². The second-order valence-electron chi connectivity index (χ2n) is 13.9. The van der Waals surface area contributed by atoms with Crippen molar-refractivity contribution in [2.75, 3.05) is 10.3 Å². The van der Waals surface area contributed by atoms with E-state index in [1.807, 2.05) is 0 Å². The molecule has 18 heteroatoms. The first-order valence-electron chi connectivity index (χ1n) is 17.0. The molecular weight excluding hydrogens is 802 g/mol. The first kappa shape index (κ1) is 37.4. The molecule has 3 aromatic carbocycles. The zero-order valence-electron chi connectivity index (χ0n) is 28.3. The molecule has 0 radical (unpaired) electrons. The smallest absolute Gasteiger partial charge is 0.417 e. The number of nitro benzene ring substituents is 1. The number of hydrogen-bond acceptors (Lipinski definition) is 9. The number of halogens is 6. The van der Waals surface area contributed by atoms with Crippen molar-refractivity contribution in [3.8, 4) is 5.75 Å². The second-order valence-corrected chi connectivity index (χ2v) is 15.2. The summed E-state index contributed by atoms with van der Waals surface area (Å²) in [5.41, 5.74) is 0.295. The lowest BCUT2D eigenvalue weighted by Gasteiger charge is -2.50. The van der Waals surface area contributed by atoms with Crippen molar-refractivity contribution in [2.24, 2.45) is 23.7 Å². The van der Waals surface area contributed by atoms with E-state index in [2.05, 4.69) is 10.4 Å². The van der Waals surface area contributed by atoms with E-state index >= 15 is 4.79 Å². The molecule has 3 heterocycles. The predicted octanol–water partition coefficient (Wildman–Crippen LogP) is 7.86. The monoisotopic (exact) mass is 825 g/mol. The van der Waals surface area contributed by atoms with Crippen molar-refractivity contribution in [3.05, 3.63) is 133 Å². The zero-order valence-corrected chi connectivity index (χ0v) is 30.6. The van der Waals surface area contributed by atoms with Crippen LogP contribution in [0.2, 0.25) is 15.1 Å². The fraction of sp³-hybridized carbons (Fsp3) is 0.237. The quantitative estimate of drug-likeness (QED) is 0.0853. The van der Waals surface area contributed by atoms with Gasteiger partial charge in [0.2, 0.25) is 11.8 Å². The van der Waals surface area contributed by atoms with E-state index in [0.717, 1.165) is 11.0 Å². The number of aromatic nitrogens is 1. The SMILES string of the molecule is O=C1[C@@H]2C[C@@H]3C(=CC[C@@H]4C(=O)N(c5cccc([N+](=O)[O-])c5)C(=O)[C@@H]43)[C@H](c3ccc(O)cc3Cl)[C@]2(c2ccc(Cl)cc2)C(=O)N1Nc1ncc(C(F)(F)F)cc1Cl. The molecule has 2 aliphatic heterocycles. The first-order chi connectivity index (χ1) is 26.5. The number of pyridine rings is 1. The minimum atomic E-state index is -4.79. The molecule has 8 rings (SSSR count). The highest BCUT2D eigenvalue weighted by Gasteiger charge is 2.70. The Labute approximate surface area is 329 Å². The van der Waals surface area contributed by atoms with Crippen LogP contribution >= 0.6 is 34.8 Å². The third-order valence-corrected chi connectivity index (χ3v) is 12.0. The van der Waals surface area contributed by atoms with Crippen LogP contribution in [0.3, 0.4) is 0 Å². The molecule has 4 aliphatic rings. The van der Waals surface area contributed by atoms with Gasteiger partial charge in [0.05, 0.1) is 44.4 Å². The van der Waals surface area contributed by atoms with Crippen molar-refractivity contribution >= 4 is 75.6 Å². The predicted molar refractivity (Wildman–Crippen MR) is 196 cm³/mol. The summed E-state index contributed by atoms with van der Waals surface area (Å²) >= 11 is 19.4. The van der Waals surface area contributed by atoms with Crippen LogP contribution in [-0.4, -0.2) is 43.7 Å². The molecule has 1 aromatic heterocycles. The van der Waals surface area contributed by atoms with Gasteiger partial charge in [-0.05, 0) is 66.3 Å². The molecule has 0 bridgehead atoms. The number of nitrogens with one attached hydrogen (secondary N) is 1. The number of non-ortho nitro benzene ring substituents is 1. The fourth-order valence-corrected chi connectivity index (χ4v) is 9.50. The maximum absolute atomic E-state index is 15.3. The number of benzene rings is 3. The first-order valence-corrected chi connectivity index (χ1v) is 18.1. The lowest BCUT2D eigenvalue weighted by atomic mass is 9.49. The van der Waals surface area contributed by atoms with Crippen molar-refractivity contribution in [2.45, 2.75) is 30.4 Å².